The number of aromatic amines is 1. The van der Waals surface area contributed by atoms with E-state index in [0.717, 1.165) is 16.6 Å². The Morgan fingerprint density at radius 2 is 2.33 bits per heavy atom. The summed E-state index contributed by atoms with van der Waals surface area (Å²) in [5.74, 6) is -0.941. The van der Waals surface area contributed by atoms with Crippen LogP contribution in [-0.2, 0) is 14.9 Å². The Morgan fingerprint density at radius 1 is 1.50 bits per heavy atom. The van der Waals surface area contributed by atoms with Crippen LogP contribution in [0.1, 0.15) is 5.56 Å². The summed E-state index contributed by atoms with van der Waals surface area (Å²) in [6.45, 7) is 1.02. The zero-order valence-electron chi connectivity index (χ0n) is 9.59. The van der Waals surface area contributed by atoms with Gasteiger partial charge in [-0.15, -0.1) is 0 Å². The van der Waals surface area contributed by atoms with Crippen LogP contribution in [0.25, 0.3) is 11.0 Å². The predicted octanol–water partition coefficient (Wildman–Crippen LogP) is 1.47. The highest BCUT2D eigenvalue weighted by molar-refractivity contribution is 5.80. The summed E-state index contributed by atoms with van der Waals surface area (Å²) in [7, 11) is 0. The summed E-state index contributed by atoms with van der Waals surface area (Å²) < 4.78 is 5.25. The van der Waals surface area contributed by atoms with Gasteiger partial charge in [0.15, 0.2) is 0 Å². The molecular formula is C13H12N2O3. The smallest absolute Gasteiger partial charge is 0.328 e. The molecule has 1 fully saturated rings. The van der Waals surface area contributed by atoms with Gasteiger partial charge in [0.05, 0.1) is 36.0 Å². The van der Waals surface area contributed by atoms with Crippen molar-refractivity contribution in [3.8, 4) is 0 Å². The molecule has 3 rings (SSSR count). The van der Waals surface area contributed by atoms with Gasteiger partial charge in [0.1, 0.15) is 0 Å². The maximum absolute atomic E-state index is 10.6. The molecule has 0 atom stereocenters. The molecule has 2 N–H and O–H groups in total. The molecule has 2 heterocycles. The zero-order chi connectivity index (χ0) is 12.6. The van der Waals surface area contributed by atoms with Crippen LogP contribution in [0.3, 0.4) is 0 Å². The number of carboxylic acids is 1. The first kappa shape index (κ1) is 11.0. The van der Waals surface area contributed by atoms with Gasteiger partial charge in [0, 0.05) is 6.08 Å². The van der Waals surface area contributed by atoms with Gasteiger partial charge in [-0.05, 0) is 17.7 Å². The molecule has 0 radical (unpaired) electrons. The fourth-order valence-electron chi connectivity index (χ4n) is 2.16. The second-order valence-electron chi connectivity index (χ2n) is 4.45. The lowest BCUT2D eigenvalue weighted by atomic mass is 9.78. The third-order valence-corrected chi connectivity index (χ3v) is 3.26. The summed E-state index contributed by atoms with van der Waals surface area (Å²) in [5.41, 5.74) is 2.57. The average Bonchev–Trinajstić information content (AvgIpc) is 2.74. The molecule has 0 saturated carbocycles. The Balaban J connectivity index is 2.02. The predicted molar refractivity (Wildman–Crippen MR) is 65.4 cm³/mol. The van der Waals surface area contributed by atoms with E-state index in [1.165, 1.54) is 6.08 Å². The Bertz CT molecular complexity index is 626. The minimum Gasteiger partial charge on any atom is -0.478 e. The summed E-state index contributed by atoms with van der Waals surface area (Å²) >= 11 is 0. The fraction of sp³-hybridized carbons (Fsp3) is 0.231. The van der Waals surface area contributed by atoms with Crippen LogP contribution < -0.4 is 0 Å². The van der Waals surface area contributed by atoms with Crippen molar-refractivity contribution in [2.45, 2.75) is 5.41 Å². The van der Waals surface area contributed by atoms with Crippen molar-refractivity contribution in [3.63, 3.8) is 0 Å². The molecule has 1 aromatic heterocycles. The number of hydrogen-bond donors (Lipinski definition) is 2. The Labute approximate surface area is 103 Å². The highest BCUT2D eigenvalue weighted by Crippen LogP contribution is 2.35. The van der Waals surface area contributed by atoms with E-state index in [0.29, 0.717) is 13.2 Å². The van der Waals surface area contributed by atoms with Crippen LogP contribution in [-0.4, -0.2) is 34.3 Å². The van der Waals surface area contributed by atoms with Crippen LogP contribution in [0.5, 0.6) is 0 Å². The van der Waals surface area contributed by atoms with Crippen molar-refractivity contribution in [3.05, 3.63) is 42.2 Å². The second-order valence-corrected chi connectivity index (χ2v) is 4.45. The maximum atomic E-state index is 10.6. The minimum atomic E-state index is -0.941. The first-order valence-corrected chi connectivity index (χ1v) is 5.63. The van der Waals surface area contributed by atoms with Crippen molar-refractivity contribution in [2.75, 3.05) is 13.2 Å². The number of rotatable bonds is 3. The number of carbonyl (C=O) groups is 1. The van der Waals surface area contributed by atoms with Gasteiger partial charge in [-0.25, -0.2) is 9.78 Å². The molecule has 5 nitrogen and oxygen atoms in total. The number of fused-ring (bicyclic) bond motifs is 1. The number of imidazole rings is 1. The first-order valence-electron chi connectivity index (χ1n) is 5.63. The maximum Gasteiger partial charge on any atom is 0.328 e. The highest BCUT2D eigenvalue weighted by atomic mass is 16.5. The number of carboxylic acid groups (broad SMARTS) is 1. The lowest BCUT2D eigenvalue weighted by Gasteiger charge is -2.39. The van der Waals surface area contributed by atoms with Crippen molar-refractivity contribution < 1.29 is 14.6 Å². The van der Waals surface area contributed by atoms with E-state index < -0.39 is 5.97 Å². The zero-order valence-corrected chi connectivity index (χ0v) is 9.59. The summed E-state index contributed by atoms with van der Waals surface area (Å²) in [4.78, 5) is 17.9. The number of nitrogens with zero attached hydrogens (tertiary/aromatic N) is 1. The number of nitrogens with one attached hydrogen (secondary N) is 1. The Hall–Kier alpha value is -2.14. The van der Waals surface area contributed by atoms with E-state index in [2.05, 4.69) is 9.97 Å². The van der Waals surface area contributed by atoms with Gasteiger partial charge < -0.3 is 14.8 Å². The van der Waals surface area contributed by atoms with Gasteiger partial charge in [-0.3, -0.25) is 0 Å². The van der Waals surface area contributed by atoms with Crippen LogP contribution >= 0.6 is 0 Å². The van der Waals surface area contributed by atoms with Crippen LogP contribution in [0.15, 0.2) is 36.7 Å². The molecule has 0 bridgehead atoms. The molecule has 18 heavy (non-hydrogen) atoms. The molecule has 0 spiro atoms. The van der Waals surface area contributed by atoms with Gasteiger partial charge >= 0.3 is 5.97 Å². The van der Waals surface area contributed by atoms with Crippen molar-refractivity contribution >= 4 is 17.0 Å². The van der Waals surface area contributed by atoms with E-state index in [1.54, 1.807) is 12.4 Å². The summed E-state index contributed by atoms with van der Waals surface area (Å²) in [5, 5.41) is 8.74. The largest absolute Gasteiger partial charge is 0.478 e. The van der Waals surface area contributed by atoms with E-state index in [9.17, 15) is 4.79 Å². The van der Waals surface area contributed by atoms with Crippen molar-refractivity contribution in [1.29, 1.82) is 0 Å². The molecule has 1 aromatic carbocycles. The van der Waals surface area contributed by atoms with E-state index in [-0.39, 0.29) is 5.41 Å². The lowest BCUT2D eigenvalue weighted by molar-refractivity contribution is -0.131. The van der Waals surface area contributed by atoms with Gasteiger partial charge in [0.25, 0.3) is 0 Å². The number of ether oxygens (including phenoxy) is 1. The molecule has 1 aliphatic heterocycles. The van der Waals surface area contributed by atoms with Crippen molar-refractivity contribution in [1.82, 2.24) is 9.97 Å². The standard InChI is InChI=1S/C13H12N2O3/c16-12(17)3-4-13(6-18-7-13)9-1-2-10-11(5-9)15-8-14-10/h1-5,8H,6-7H2,(H,14,15)(H,16,17)/b4-3+. The number of benzene rings is 1. The summed E-state index contributed by atoms with van der Waals surface area (Å²) in [6, 6.07) is 5.89. The Morgan fingerprint density at radius 3 is 3.00 bits per heavy atom. The topological polar surface area (TPSA) is 75.2 Å². The molecule has 0 unspecified atom stereocenters. The quantitative estimate of drug-likeness (QED) is 0.802. The number of aromatic nitrogens is 2. The van der Waals surface area contributed by atoms with Crippen LogP contribution in [0, 0.1) is 0 Å². The number of hydrogen-bond acceptors (Lipinski definition) is 3. The first-order chi connectivity index (χ1) is 8.70. The third-order valence-electron chi connectivity index (χ3n) is 3.26. The van der Waals surface area contributed by atoms with Gasteiger partial charge in [-0.1, -0.05) is 12.1 Å². The molecular weight excluding hydrogens is 232 g/mol. The minimum absolute atomic E-state index is 0.322. The van der Waals surface area contributed by atoms with E-state index in [1.807, 2.05) is 18.2 Å². The van der Waals surface area contributed by atoms with Crippen molar-refractivity contribution in [2.24, 2.45) is 0 Å². The molecule has 1 saturated heterocycles. The fourth-order valence-corrected chi connectivity index (χ4v) is 2.16. The van der Waals surface area contributed by atoms with E-state index >= 15 is 0 Å². The van der Waals surface area contributed by atoms with Gasteiger partial charge in [-0.2, -0.15) is 0 Å². The second kappa shape index (κ2) is 3.96. The number of H-pyrrole nitrogens is 1. The van der Waals surface area contributed by atoms with Crippen LogP contribution in [0.2, 0.25) is 0 Å². The average molecular weight is 244 g/mol. The molecule has 5 heteroatoms. The third kappa shape index (κ3) is 1.69. The monoisotopic (exact) mass is 244 g/mol. The van der Waals surface area contributed by atoms with E-state index in [4.69, 9.17) is 9.84 Å². The lowest BCUT2D eigenvalue weighted by Crippen LogP contribution is -2.45. The number of aliphatic carboxylic acids is 1. The molecule has 2 aromatic rings. The molecule has 0 amide bonds. The molecule has 92 valence electrons. The molecule has 0 aliphatic carbocycles. The van der Waals surface area contributed by atoms with Gasteiger partial charge in [0.2, 0.25) is 0 Å². The summed E-state index contributed by atoms with van der Waals surface area (Å²) in [6.07, 6.45) is 4.53. The van der Waals surface area contributed by atoms with Crippen LogP contribution in [0.4, 0.5) is 0 Å². The highest BCUT2D eigenvalue weighted by Gasteiger charge is 2.38. The SMILES string of the molecule is O=C(O)/C=C/C1(c2ccc3nc[nH]c3c2)COC1. The Kier molecular flexibility index (Phi) is 2.41. The normalized spacial score (nSPS) is 18.0. The molecule has 1 aliphatic rings.